The second kappa shape index (κ2) is 7.11. The van der Waals surface area contributed by atoms with E-state index in [4.69, 9.17) is 9.47 Å². The summed E-state index contributed by atoms with van der Waals surface area (Å²) in [4.78, 5) is 14.7. The summed E-state index contributed by atoms with van der Waals surface area (Å²) in [6, 6.07) is 3.79. The molecule has 128 valence electrons. The maximum absolute atomic E-state index is 12.8. The quantitative estimate of drug-likeness (QED) is 0.776. The van der Waals surface area contributed by atoms with Crippen molar-refractivity contribution < 1.29 is 14.3 Å². The number of hydrogen-bond acceptors (Lipinski definition) is 4. The van der Waals surface area contributed by atoms with Crippen molar-refractivity contribution >= 4 is 17.3 Å². The summed E-state index contributed by atoms with van der Waals surface area (Å²) >= 11 is 0. The average Bonchev–Trinajstić information content (AvgIpc) is 2.53. The molecular weight excluding hydrogens is 292 g/mol. The standard InChI is InChI=1S/C18H28N2O3/c1-6-7-8-9-10-20-14-12-16(23-5)15(22-4)11-13(14)19-18(2,3)17(20)21/h11-12,19H,6-10H2,1-5H3. The van der Waals surface area contributed by atoms with E-state index in [-0.39, 0.29) is 5.91 Å². The first kappa shape index (κ1) is 17.4. The zero-order valence-corrected chi connectivity index (χ0v) is 14.9. The fourth-order valence-corrected chi connectivity index (χ4v) is 2.95. The van der Waals surface area contributed by atoms with Crippen LogP contribution in [-0.4, -0.2) is 32.2 Å². The fraction of sp³-hybridized carbons (Fsp3) is 0.611. The van der Waals surface area contributed by atoms with Gasteiger partial charge in [-0.1, -0.05) is 26.2 Å². The monoisotopic (exact) mass is 320 g/mol. The third-order valence-electron chi connectivity index (χ3n) is 4.25. The lowest BCUT2D eigenvalue weighted by Crippen LogP contribution is -2.54. The number of nitrogens with zero attached hydrogens (tertiary/aromatic N) is 1. The molecule has 0 fully saturated rings. The van der Waals surface area contributed by atoms with E-state index in [2.05, 4.69) is 12.2 Å². The van der Waals surface area contributed by atoms with Gasteiger partial charge in [0.05, 0.1) is 25.6 Å². The lowest BCUT2D eigenvalue weighted by Gasteiger charge is -2.40. The van der Waals surface area contributed by atoms with Crippen LogP contribution < -0.4 is 19.7 Å². The van der Waals surface area contributed by atoms with Crippen LogP contribution in [-0.2, 0) is 4.79 Å². The van der Waals surface area contributed by atoms with E-state index >= 15 is 0 Å². The van der Waals surface area contributed by atoms with E-state index < -0.39 is 5.54 Å². The minimum atomic E-state index is -0.628. The van der Waals surface area contributed by atoms with Gasteiger partial charge in [0.25, 0.3) is 5.91 Å². The number of carbonyl (C=O) groups is 1. The molecule has 0 saturated carbocycles. The topological polar surface area (TPSA) is 50.8 Å². The van der Waals surface area contributed by atoms with Crippen molar-refractivity contribution in [3.8, 4) is 11.5 Å². The molecule has 1 heterocycles. The van der Waals surface area contributed by atoms with Gasteiger partial charge in [-0.2, -0.15) is 0 Å². The van der Waals surface area contributed by atoms with Crippen molar-refractivity contribution in [3.05, 3.63) is 12.1 Å². The molecule has 0 aliphatic carbocycles. The first-order valence-corrected chi connectivity index (χ1v) is 8.30. The molecular formula is C18H28N2O3. The summed E-state index contributed by atoms with van der Waals surface area (Å²) in [5, 5.41) is 3.32. The Morgan fingerprint density at radius 2 is 1.74 bits per heavy atom. The van der Waals surface area contributed by atoms with Gasteiger partial charge in [0.1, 0.15) is 5.54 Å². The Morgan fingerprint density at radius 3 is 2.35 bits per heavy atom. The number of benzene rings is 1. The largest absolute Gasteiger partial charge is 0.493 e. The molecule has 23 heavy (non-hydrogen) atoms. The molecule has 0 bridgehead atoms. The van der Waals surface area contributed by atoms with Gasteiger partial charge in [0.15, 0.2) is 11.5 Å². The molecule has 5 heteroatoms. The minimum absolute atomic E-state index is 0.0914. The van der Waals surface area contributed by atoms with Crippen LogP contribution in [0.25, 0.3) is 0 Å². The Morgan fingerprint density at radius 1 is 1.09 bits per heavy atom. The summed E-state index contributed by atoms with van der Waals surface area (Å²) in [5.74, 6) is 1.39. The predicted octanol–water partition coefficient (Wildman–Crippen LogP) is 3.82. The number of ether oxygens (including phenoxy) is 2. The third-order valence-corrected chi connectivity index (χ3v) is 4.25. The van der Waals surface area contributed by atoms with Crippen molar-refractivity contribution in [1.29, 1.82) is 0 Å². The maximum atomic E-state index is 12.8. The van der Waals surface area contributed by atoms with Crippen LogP contribution in [0.2, 0.25) is 0 Å². The van der Waals surface area contributed by atoms with Gasteiger partial charge >= 0.3 is 0 Å². The Bertz CT molecular complexity index is 570. The fourth-order valence-electron chi connectivity index (χ4n) is 2.95. The smallest absolute Gasteiger partial charge is 0.252 e. The maximum Gasteiger partial charge on any atom is 0.252 e. The van der Waals surface area contributed by atoms with Crippen LogP contribution in [0.1, 0.15) is 46.5 Å². The average molecular weight is 320 g/mol. The van der Waals surface area contributed by atoms with E-state index in [0.717, 1.165) is 30.8 Å². The van der Waals surface area contributed by atoms with Crippen LogP contribution in [0.4, 0.5) is 11.4 Å². The third kappa shape index (κ3) is 3.54. The predicted molar refractivity (Wildman–Crippen MR) is 93.7 cm³/mol. The number of nitrogens with one attached hydrogen (secondary N) is 1. The molecule has 5 nitrogen and oxygen atoms in total. The molecule has 0 radical (unpaired) electrons. The van der Waals surface area contributed by atoms with E-state index in [1.54, 1.807) is 14.2 Å². The molecule has 1 aromatic carbocycles. The van der Waals surface area contributed by atoms with Gasteiger partial charge in [0, 0.05) is 18.7 Å². The van der Waals surface area contributed by atoms with Crippen LogP contribution in [0.5, 0.6) is 11.5 Å². The van der Waals surface area contributed by atoms with E-state index in [1.165, 1.54) is 12.8 Å². The molecule has 0 spiro atoms. The number of amides is 1. The molecule has 0 unspecified atom stereocenters. The van der Waals surface area contributed by atoms with Crippen molar-refractivity contribution in [2.24, 2.45) is 0 Å². The second-order valence-corrected chi connectivity index (χ2v) is 6.49. The SMILES string of the molecule is CCCCCCN1C(=O)C(C)(C)Nc2cc(OC)c(OC)cc21. The Hall–Kier alpha value is -1.91. The molecule has 1 amide bonds. The normalized spacial score (nSPS) is 15.9. The summed E-state index contributed by atoms with van der Waals surface area (Å²) in [7, 11) is 3.23. The van der Waals surface area contributed by atoms with E-state index in [1.807, 2.05) is 30.9 Å². The van der Waals surface area contributed by atoms with Crippen LogP contribution in [0.15, 0.2) is 12.1 Å². The number of rotatable bonds is 7. The highest BCUT2D eigenvalue weighted by Crippen LogP contribution is 2.42. The lowest BCUT2D eigenvalue weighted by atomic mass is 9.97. The van der Waals surface area contributed by atoms with Crippen molar-refractivity contribution in [1.82, 2.24) is 0 Å². The molecule has 0 aromatic heterocycles. The molecule has 1 aromatic rings. The lowest BCUT2D eigenvalue weighted by molar-refractivity contribution is -0.122. The molecule has 1 aliphatic heterocycles. The summed E-state index contributed by atoms with van der Waals surface area (Å²) in [6.07, 6.45) is 4.52. The van der Waals surface area contributed by atoms with Crippen molar-refractivity contribution in [2.45, 2.75) is 52.0 Å². The Balaban J connectivity index is 2.36. The highest BCUT2D eigenvalue weighted by atomic mass is 16.5. The summed E-state index contributed by atoms with van der Waals surface area (Å²) in [5.41, 5.74) is 1.14. The van der Waals surface area contributed by atoms with Gasteiger partial charge in [0.2, 0.25) is 0 Å². The van der Waals surface area contributed by atoms with E-state index in [9.17, 15) is 4.79 Å². The number of methoxy groups -OCH3 is 2. The van der Waals surface area contributed by atoms with Crippen LogP contribution in [0.3, 0.4) is 0 Å². The highest BCUT2D eigenvalue weighted by Gasteiger charge is 2.39. The van der Waals surface area contributed by atoms with Crippen molar-refractivity contribution in [2.75, 3.05) is 31.0 Å². The van der Waals surface area contributed by atoms with Crippen LogP contribution >= 0.6 is 0 Å². The molecule has 1 aliphatic rings. The van der Waals surface area contributed by atoms with Gasteiger partial charge in [-0.25, -0.2) is 0 Å². The molecule has 1 N–H and O–H groups in total. The number of unbranched alkanes of at least 4 members (excludes halogenated alkanes) is 3. The van der Waals surface area contributed by atoms with Gasteiger partial charge < -0.3 is 19.7 Å². The summed E-state index contributed by atoms with van der Waals surface area (Å²) < 4.78 is 10.8. The number of hydrogen-bond donors (Lipinski definition) is 1. The Kier molecular flexibility index (Phi) is 5.39. The highest BCUT2D eigenvalue weighted by molar-refractivity contribution is 6.07. The zero-order valence-electron chi connectivity index (χ0n) is 14.9. The second-order valence-electron chi connectivity index (χ2n) is 6.49. The number of carbonyl (C=O) groups excluding carboxylic acids is 1. The van der Waals surface area contributed by atoms with Crippen LogP contribution in [0, 0.1) is 0 Å². The van der Waals surface area contributed by atoms with Gasteiger partial charge in [-0.15, -0.1) is 0 Å². The van der Waals surface area contributed by atoms with Crippen molar-refractivity contribution in [3.63, 3.8) is 0 Å². The number of anilines is 2. The summed E-state index contributed by atoms with van der Waals surface area (Å²) in [6.45, 7) is 6.74. The number of fused-ring (bicyclic) bond motifs is 1. The minimum Gasteiger partial charge on any atom is -0.493 e. The first-order chi connectivity index (χ1) is 10.9. The molecule has 2 rings (SSSR count). The van der Waals surface area contributed by atoms with Gasteiger partial charge in [-0.05, 0) is 20.3 Å². The Labute approximate surface area is 139 Å². The molecule has 0 atom stereocenters. The first-order valence-electron chi connectivity index (χ1n) is 8.30. The zero-order chi connectivity index (χ0) is 17.0. The molecule has 0 saturated heterocycles. The van der Waals surface area contributed by atoms with Gasteiger partial charge in [-0.3, -0.25) is 4.79 Å². The van der Waals surface area contributed by atoms with E-state index in [0.29, 0.717) is 11.5 Å².